The Hall–Kier alpha value is -6.78. The number of benzene rings is 4. The molecule has 4 aromatic carbocycles. The molecule has 2 fully saturated rings. The van der Waals surface area contributed by atoms with Crippen LogP contribution in [0, 0.1) is 25.2 Å². The fourth-order valence-electron chi connectivity index (χ4n) is 11.6. The van der Waals surface area contributed by atoms with Crippen LogP contribution in [-0.2, 0) is 42.2 Å². The summed E-state index contributed by atoms with van der Waals surface area (Å²) in [5.41, 5.74) is 3.78. The number of hydrogen-bond donors (Lipinski definition) is 1. The first-order chi connectivity index (χ1) is 34.5. The summed E-state index contributed by atoms with van der Waals surface area (Å²) < 4.78 is 55.1. The van der Waals surface area contributed by atoms with Crippen molar-refractivity contribution >= 4 is 41.9 Å². The van der Waals surface area contributed by atoms with Crippen LogP contribution in [0.2, 0.25) is 0 Å². The highest BCUT2D eigenvalue weighted by molar-refractivity contribution is 7.99. The number of methoxy groups -OCH3 is 2. The lowest BCUT2D eigenvalue weighted by Gasteiger charge is -2.62. The Labute approximate surface area is 421 Å². The molecule has 7 aliphatic heterocycles. The number of fused-ring (bicyclic) bond motifs is 9. The summed E-state index contributed by atoms with van der Waals surface area (Å²) in [6.45, 7) is 10.3. The van der Waals surface area contributed by atoms with Gasteiger partial charge in [0.15, 0.2) is 40.0 Å². The van der Waals surface area contributed by atoms with E-state index in [1.165, 1.54) is 39.0 Å². The van der Waals surface area contributed by atoms with E-state index in [9.17, 15) is 19.6 Å². The first kappa shape index (κ1) is 48.8. The van der Waals surface area contributed by atoms with E-state index in [4.69, 9.17) is 42.6 Å². The maximum absolute atomic E-state index is 15.3. The first-order valence-electron chi connectivity index (χ1n) is 23.8. The van der Waals surface area contributed by atoms with E-state index in [-0.39, 0.29) is 42.2 Å². The van der Waals surface area contributed by atoms with Crippen LogP contribution in [0.1, 0.15) is 95.1 Å². The van der Waals surface area contributed by atoms with Crippen molar-refractivity contribution in [2.24, 2.45) is 0 Å². The summed E-state index contributed by atoms with van der Waals surface area (Å²) in [7, 11) is 4.95. The van der Waals surface area contributed by atoms with Gasteiger partial charge in [-0.1, -0.05) is 36.4 Å². The van der Waals surface area contributed by atoms with Gasteiger partial charge in [-0.05, 0) is 101 Å². The summed E-state index contributed by atoms with van der Waals surface area (Å²) >= 11 is 1.43. The molecule has 18 heteroatoms. The van der Waals surface area contributed by atoms with Gasteiger partial charge < -0.3 is 42.6 Å². The fraction of sp³-hybridized carbons (Fsp3) is 0.426. The highest BCUT2D eigenvalue weighted by Gasteiger charge is 2.62. The largest absolute Gasteiger partial charge is 0.514 e. The predicted octanol–water partition coefficient (Wildman–Crippen LogP) is 7.51. The molecule has 376 valence electrons. The topological polar surface area (TPSA) is 194 Å². The number of hydrogen-bond acceptors (Lipinski definition) is 18. The molecule has 7 atom stereocenters. The van der Waals surface area contributed by atoms with Crippen LogP contribution in [0.4, 0.5) is 4.79 Å². The molecule has 0 aliphatic carbocycles. The fourth-order valence-corrected chi connectivity index (χ4v) is 13.2. The molecular weight excluding hydrogens is 945 g/mol. The Kier molecular flexibility index (Phi) is 12.7. The molecule has 7 aliphatic rings. The molecule has 0 saturated carbocycles. The smallest absolute Gasteiger partial charge is 0.493 e. The highest BCUT2D eigenvalue weighted by atomic mass is 32.2. The summed E-state index contributed by atoms with van der Waals surface area (Å²) in [6, 6.07) is 14.2. The second-order valence-electron chi connectivity index (χ2n) is 19.8. The second-order valence-corrected chi connectivity index (χ2v) is 20.9. The molecule has 0 aromatic heterocycles. The van der Waals surface area contributed by atoms with Crippen LogP contribution in [-0.4, -0.2) is 105 Å². The average Bonchev–Trinajstić information content (AvgIpc) is 3.83. The van der Waals surface area contributed by atoms with Gasteiger partial charge in [-0.25, -0.2) is 14.4 Å². The van der Waals surface area contributed by atoms with E-state index in [2.05, 4.69) is 21.2 Å². The molecule has 2 saturated heterocycles. The molecule has 0 amide bonds. The minimum atomic E-state index is -1.50. The zero-order valence-electron chi connectivity index (χ0n) is 41.5. The van der Waals surface area contributed by atoms with Gasteiger partial charge in [-0.15, -0.1) is 11.8 Å². The number of piperazine rings is 1. The van der Waals surface area contributed by atoms with Crippen LogP contribution in [0.3, 0.4) is 0 Å². The van der Waals surface area contributed by atoms with E-state index in [0.29, 0.717) is 64.5 Å². The van der Waals surface area contributed by atoms with Crippen LogP contribution in [0.25, 0.3) is 6.08 Å². The van der Waals surface area contributed by atoms with Crippen LogP contribution in [0.5, 0.6) is 40.2 Å². The molecule has 4 aromatic rings. The van der Waals surface area contributed by atoms with Gasteiger partial charge in [-0.3, -0.25) is 19.9 Å². The van der Waals surface area contributed by atoms with Crippen molar-refractivity contribution in [3.63, 3.8) is 0 Å². The molecule has 72 heavy (non-hydrogen) atoms. The molecule has 1 unspecified atom stereocenters. The lowest BCUT2D eigenvalue weighted by molar-refractivity contribution is -0.157. The van der Waals surface area contributed by atoms with Crippen molar-refractivity contribution in [2.45, 2.75) is 101 Å². The normalized spacial score (nSPS) is 25.0. The van der Waals surface area contributed by atoms with E-state index in [1.54, 1.807) is 39.0 Å². The zero-order chi connectivity index (χ0) is 51.0. The minimum absolute atomic E-state index is 0.0511. The number of carbonyl (C=O) groups is 4. The summed E-state index contributed by atoms with van der Waals surface area (Å²) in [5, 5.41) is 14.3. The van der Waals surface area contributed by atoms with E-state index in [0.717, 1.165) is 22.3 Å². The van der Waals surface area contributed by atoms with Crippen molar-refractivity contribution in [1.29, 1.82) is 5.26 Å². The van der Waals surface area contributed by atoms with E-state index >= 15 is 4.79 Å². The molecule has 17 nitrogen and oxygen atoms in total. The van der Waals surface area contributed by atoms with Crippen molar-refractivity contribution in [3.8, 4) is 46.3 Å². The standard InChI is InChI=1S/C54H56N4O13S/c1-27-19-32-20-34-35(23-55)58-36-24-65-51(61)54(33-22-37(63-8)38(21-31(33)17-18-56-54)69-39(60)16-15-30-13-11-10-12-14-30)25-72-50(42-41(36)48-47(66-26-67-48)28(2)46(42)68-29(3)59)44(58)43(57(34)7)40(32)49(45(27)64-9)70-52(62)71-53(4,5)6/h10-16,19,21-22,34-36,43-44,50,56H,17-18,20,24-26H2,1-9H3/b16-15+/t34-,35-,36+,43+,44?,50+,54+/m0/s1. The number of nitriles is 1. The summed E-state index contributed by atoms with van der Waals surface area (Å²) in [6.07, 6.45) is 2.96. The molecule has 4 bridgehead atoms. The maximum atomic E-state index is 15.3. The lowest BCUT2D eigenvalue weighted by Crippen LogP contribution is -2.69. The third-order valence-corrected chi connectivity index (χ3v) is 15.9. The number of ether oxygens (including phenoxy) is 9. The Morgan fingerprint density at radius 2 is 1.68 bits per heavy atom. The third-order valence-electron chi connectivity index (χ3n) is 14.4. The van der Waals surface area contributed by atoms with Gasteiger partial charge in [0.25, 0.3) is 0 Å². The number of carbonyl (C=O) groups excluding carboxylic acids is 4. The van der Waals surface area contributed by atoms with E-state index in [1.807, 2.05) is 57.3 Å². The molecule has 1 spiro atoms. The summed E-state index contributed by atoms with van der Waals surface area (Å²) in [4.78, 5) is 59.9. The Balaban J connectivity index is 1.16. The molecule has 7 heterocycles. The molecule has 0 radical (unpaired) electrons. The Morgan fingerprint density at radius 1 is 0.917 bits per heavy atom. The number of nitrogens with one attached hydrogen (secondary N) is 1. The SMILES string of the molecule is COc1cc2c(cc1OC(=O)/C=C/c1ccccc1)CCN[C@]21CS[C@@H]2c3c(OC(C)=O)c(C)c4c(c3[C@@H](COC1=O)N1C2[C@H]2c3c(cc(C)c(OC)c3OC(=O)OC(C)(C)C)C[C@@H]([C@@H]1C#N)N2C)OCO4. The van der Waals surface area contributed by atoms with Crippen molar-refractivity contribution in [1.82, 2.24) is 15.1 Å². The molecule has 11 rings (SSSR count). The number of rotatable bonds is 7. The third kappa shape index (κ3) is 8.16. The number of aryl methyl sites for hydroxylation is 1. The minimum Gasteiger partial charge on any atom is -0.493 e. The van der Waals surface area contributed by atoms with Crippen LogP contribution >= 0.6 is 11.8 Å². The molecule has 1 N–H and O–H groups in total. The van der Waals surface area contributed by atoms with Gasteiger partial charge >= 0.3 is 24.1 Å². The second kappa shape index (κ2) is 18.7. The monoisotopic (exact) mass is 1000 g/mol. The number of nitrogens with zero attached hydrogens (tertiary/aromatic N) is 3. The first-order valence-corrected chi connectivity index (χ1v) is 24.9. The van der Waals surface area contributed by atoms with E-state index < -0.39 is 70.7 Å². The quantitative estimate of drug-likeness (QED) is 0.0827. The van der Waals surface area contributed by atoms with Gasteiger partial charge in [0.1, 0.15) is 24.0 Å². The average molecular weight is 1000 g/mol. The summed E-state index contributed by atoms with van der Waals surface area (Å²) in [5.74, 6) is 0.340. The molecular formula is C54H56N4O13S. The number of likely N-dealkylation sites (N-methyl/N-ethyl adjacent to an activating group) is 1. The van der Waals surface area contributed by atoms with Gasteiger partial charge in [0.2, 0.25) is 6.79 Å². The van der Waals surface area contributed by atoms with Crippen LogP contribution < -0.4 is 38.5 Å². The number of esters is 3. The Bertz CT molecular complexity index is 2980. The Morgan fingerprint density at radius 3 is 2.39 bits per heavy atom. The maximum Gasteiger partial charge on any atom is 0.514 e. The van der Waals surface area contributed by atoms with Crippen molar-refractivity contribution < 1.29 is 61.8 Å². The van der Waals surface area contributed by atoms with Crippen molar-refractivity contribution in [3.05, 3.63) is 105 Å². The predicted molar refractivity (Wildman–Crippen MR) is 263 cm³/mol. The number of thioether (sulfide) groups is 1. The zero-order valence-corrected chi connectivity index (χ0v) is 42.4. The highest BCUT2D eigenvalue weighted by Crippen LogP contribution is 2.65. The van der Waals surface area contributed by atoms with Gasteiger partial charge in [-0.2, -0.15) is 5.26 Å². The van der Waals surface area contributed by atoms with Crippen molar-refractivity contribution in [2.75, 3.05) is 47.0 Å². The van der Waals surface area contributed by atoms with Gasteiger partial charge in [0, 0.05) is 59.6 Å². The van der Waals surface area contributed by atoms with Gasteiger partial charge in [0.05, 0.1) is 37.6 Å². The van der Waals surface area contributed by atoms with Crippen LogP contribution in [0.15, 0.2) is 54.6 Å². The lowest BCUT2D eigenvalue weighted by atomic mass is 9.71.